The molecular formula is C20H24N2. The smallest absolute Gasteiger partial charge is 0.0622 e. The molecule has 0 aliphatic rings. The van der Waals surface area contributed by atoms with Crippen molar-refractivity contribution in [3.63, 3.8) is 0 Å². The van der Waals surface area contributed by atoms with E-state index in [0.717, 1.165) is 25.9 Å². The van der Waals surface area contributed by atoms with Crippen molar-refractivity contribution in [3.05, 3.63) is 71.8 Å². The van der Waals surface area contributed by atoms with E-state index in [-0.39, 0.29) is 0 Å². The van der Waals surface area contributed by atoms with E-state index in [4.69, 9.17) is 5.26 Å². The van der Waals surface area contributed by atoms with E-state index < -0.39 is 0 Å². The Morgan fingerprint density at radius 1 is 0.909 bits per heavy atom. The maximum atomic E-state index is 8.90. The molecule has 0 fully saturated rings. The highest BCUT2D eigenvalue weighted by Crippen LogP contribution is 2.18. The first-order valence-corrected chi connectivity index (χ1v) is 8.02. The molecule has 2 rings (SSSR count). The Morgan fingerprint density at radius 2 is 1.41 bits per heavy atom. The second-order valence-electron chi connectivity index (χ2n) is 5.64. The van der Waals surface area contributed by atoms with Crippen LogP contribution in [0.5, 0.6) is 0 Å². The van der Waals surface area contributed by atoms with Gasteiger partial charge in [-0.25, -0.2) is 0 Å². The van der Waals surface area contributed by atoms with Crippen molar-refractivity contribution in [2.24, 2.45) is 0 Å². The van der Waals surface area contributed by atoms with Gasteiger partial charge in [0.05, 0.1) is 6.07 Å². The first kappa shape index (κ1) is 16.3. The van der Waals surface area contributed by atoms with Crippen molar-refractivity contribution in [2.75, 3.05) is 0 Å². The molecule has 114 valence electrons. The Hall–Kier alpha value is -2.11. The van der Waals surface area contributed by atoms with Gasteiger partial charge in [-0.3, -0.25) is 4.90 Å². The molecule has 0 N–H and O–H groups in total. The number of hydrogen-bond donors (Lipinski definition) is 0. The van der Waals surface area contributed by atoms with Gasteiger partial charge in [0.1, 0.15) is 0 Å². The quantitative estimate of drug-likeness (QED) is 0.700. The number of nitrogens with zero attached hydrogens (tertiary/aromatic N) is 2. The van der Waals surface area contributed by atoms with Crippen LogP contribution in [0.2, 0.25) is 0 Å². The number of nitriles is 1. The predicted molar refractivity (Wildman–Crippen MR) is 91.1 cm³/mol. The zero-order chi connectivity index (χ0) is 15.6. The first-order valence-electron chi connectivity index (χ1n) is 8.02. The summed E-state index contributed by atoms with van der Waals surface area (Å²) in [4.78, 5) is 2.50. The van der Waals surface area contributed by atoms with Crippen LogP contribution in [0.15, 0.2) is 60.7 Å². The fourth-order valence-corrected chi connectivity index (χ4v) is 2.83. The Labute approximate surface area is 134 Å². The molecule has 0 saturated heterocycles. The molecule has 2 nitrogen and oxygen atoms in total. The fraction of sp³-hybridized carbons (Fsp3) is 0.350. The molecule has 0 amide bonds. The summed E-state index contributed by atoms with van der Waals surface area (Å²) in [5, 5.41) is 8.90. The van der Waals surface area contributed by atoms with Crippen LogP contribution in [0.1, 0.15) is 37.3 Å². The lowest BCUT2D eigenvalue weighted by atomic mass is 10.0. The molecule has 0 saturated carbocycles. The second kappa shape index (κ2) is 9.02. The van der Waals surface area contributed by atoms with Crippen LogP contribution in [0.25, 0.3) is 0 Å². The zero-order valence-corrected chi connectivity index (χ0v) is 13.3. The summed E-state index contributed by atoms with van der Waals surface area (Å²) in [5.74, 6) is 0. The van der Waals surface area contributed by atoms with Gasteiger partial charge in [0.2, 0.25) is 0 Å². The second-order valence-corrected chi connectivity index (χ2v) is 5.64. The average Bonchev–Trinajstić information content (AvgIpc) is 2.57. The van der Waals surface area contributed by atoms with E-state index in [1.165, 1.54) is 11.1 Å². The molecule has 0 aliphatic heterocycles. The third-order valence-corrected chi connectivity index (χ3v) is 4.03. The molecule has 0 spiro atoms. The van der Waals surface area contributed by atoms with Crippen molar-refractivity contribution in [3.8, 4) is 6.07 Å². The minimum Gasteiger partial charge on any atom is -0.292 e. The van der Waals surface area contributed by atoms with Crippen LogP contribution in [-0.4, -0.2) is 10.9 Å². The summed E-state index contributed by atoms with van der Waals surface area (Å²) in [6.45, 7) is 4.07. The van der Waals surface area contributed by atoms with E-state index in [1.807, 2.05) is 0 Å². The molecule has 22 heavy (non-hydrogen) atoms. The third-order valence-electron chi connectivity index (χ3n) is 4.03. The summed E-state index contributed by atoms with van der Waals surface area (Å²) in [6.07, 6.45) is 2.63. The van der Waals surface area contributed by atoms with Gasteiger partial charge < -0.3 is 0 Å². The van der Waals surface area contributed by atoms with Crippen molar-refractivity contribution >= 4 is 0 Å². The van der Waals surface area contributed by atoms with Crippen LogP contribution in [0, 0.1) is 11.3 Å². The van der Waals surface area contributed by atoms with E-state index in [9.17, 15) is 0 Å². The highest BCUT2D eigenvalue weighted by molar-refractivity contribution is 5.17. The van der Waals surface area contributed by atoms with E-state index in [1.54, 1.807) is 0 Å². The maximum Gasteiger partial charge on any atom is 0.0622 e. The molecule has 2 aromatic rings. The number of hydrogen-bond acceptors (Lipinski definition) is 2. The van der Waals surface area contributed by atoms with Crippen molar-refractivity contribution < 1.29 is 0 Å². The van der Waals surface area contributed by atoms with Gasteiger partial charge in [-0.1, -0.05) is 67.6 Å². The van der Waals surface area contributed by atoms with Crippen LogP contribution in [0.4, 0.5) is 0 Å². The standard InChI is InChI=1S/C20H24N2/c1-2-20(14-9-15-21)22(16-18-10-5-3-6-11-18)17-19-12-7-4-8-13-19/h3-8,10-13,20H,2,9,14,16-17H2,1H3/t20-/m0/s1. The summed E-state index contributed by atoms with van der Waals surface area (Å²) in [6, 6.07) is 23.9. The lowest BCUT2D eigenvalue weighted by Crippen LogP contribution is -2.34. The Balaban J connectivity index is 2.13. The molecule has 2 aromatic carbocycles. The monoisotopic (exact) mass is 292 g/mol. The molecule has 0 unspecified atom stereocenters. The van der Waals surface area contributed by atoms with Crippen molar-refractivity contribution in [2.45, 2.75) is 45.3 Å². The van der Waals surface area contributed by atoms with Gasteiger partial charge >= 0.3 is 0 Å². The van der Waals surface area contributed by atoms with E-state index in [2.05, 4.69) is 78.6 Å². The Kier molecular flexibility index (Phi) is 6.67. The Morgan fingerprint density at radius 3 is 1.82 bits per heavy atom. The Bertz CT molecular complexity index is 530. The summed E-state index contributed by atoms with van der Waals surface area (Å²) >= 11 is 0. The highest BCUT2D eigenvalue weighted by atomic mass is 15.1. The molecule has 1 atom stereocenters. The normalized spacial score (nSPS) is 12.0. The molecule has 2 heteroatoms. The highest BCUT2D eigenvalue weighted by Gasteiger charge is 2.17. The maximum absolute atomic E-state index is 8.90. The molecule has 0 heterocycles. The number of benzene rings is 2. The molecule has 0 aromatic heterocycles. The zero-order valence-electron chi connectivity index (χ0n) is 13.3. The minimum atomic E-state index is 0.445. The van der Waals surface area contributed by atoms with Gasteiger partial charge in [-0.2, -0.15) is 5.26 Å². The topological polar surface area (TPSA) is 27.0 Å². The largest absolute Gasteiger partial charge is 0.292 e. The van der Waals surface area contributed by atoms with Crippen LogP contribution in [0.3, 0.4) is 0 Å². The van der Waals surface area contributed by atoms with Crippen molar-refractivity contribution in [1.82, 2.24) is 4.90 Å². The molecule has 0 bridgehead atoms. The predicted octanol–water partition coefficient (Wildman–Crippen LogP) is 4.77. The van der Waals surface area contributed by atoms with Crippen LogP contribution < -0.4 is 0 Å². The average molecular weight is 292 g/mol. The van der Waals surface area contributed by atoms with Gasteiger partial charge in [0, 0.05) is 25.6 Å². The molecule has 0 radical (unpaired) electrons. The number of rotatable bonds is 8. The van der Waals surface area contributed by atoms with E-state index in [0.29, 0.717) is 12.5 Å². The lowest BCUT2D eigenvalue weighted by molar-refractivity contribution is 0.165. The van der Waals surface area contributed by atoms with E-state index >= 15 is 0 Å². The minimum absolute atomic E-state index is 0.445. The summed E-state index contributed by atoms with van der Waals surface area (Å²) in [7, 11) is 0. The molecule has 0 aliphatic carbocycles. The third kappa shape index (κ3) is 5.02. The summed E-state index contributed by atoms with van der Waals surface area (Å²) in [5.41, 5.74) is 2.66. The van der Waals surface area contributed by atoms with Crippen LogP contribution in [-0.2, 0) is 13.1 Å². The molecular weight excluding hydrogens is 268 g/mol. The fourth-order valence-electron chi connectivity index (χ4n) is 2.83. The van der Waals surface area contributed by atoms with Crippen molar-refractivity contribution in [1.29, 1.82) is 5.26 Å². The lowest BCUT2D eigenvalue weighted by Gasteiger charge is -2.31. The van der Waals surface area contributed by atoms with Gasteiger partial charge in [-0.15, -0.1) is 0 Å². The van der Waals surface area contributed by atoms with Gasteiger partial charge in [0.25, 0.3) is 0 Å². The van der Waals surface area contributed by atoms with Gasteiger partial charge in [0.15, 0.2) is 0 Å². The van der Waals surface area contributed by atoms with Crippen LogP contribution >= 0.6 is 0 Å². The SMILES string of the molecule is CC[C@@H](CCC#N)N(Cc1ccccc1)Cc1ccccc1. The van der Waals surface area contributed by atoms with Gasteiger partial charge in [-0.05, 0) is 24.0 Å². The first-order chi connectivity index (χ1) is 10.8. The summed E-state index contributed by atoms with van der Waals surface area (Å²) < 4.78 is 0.